The average Bonchev–Trinajstić information content (AvgIpc) is 2.43. The molecule has 0 aliphatic rings. The molecule has 0 aliphatic heterocycles. The van der Waals surface area contributed by atoms with Gasteiger partial charge in [0.15, 0.2) is 11.6 Å². The number of hydrogen-bond acceptors (Lipinski definition) is 1. The van der Waals surface area contributed by atoms with E-state index in [0.29, 0.717) is 12.0 Å². The molecule has 0 aromatic heterocycles. The van der Waals surface area contributed by atoms with E-state index in [9.17, 15) is 18.7 Å². The van der Waals surface area contributed by atoms with Crippen LogP contribution in [0.4, 0.5) is 8.78 Å². The van der Waals surface area contributed by atoms with Crippen LogP contribution in [0.25, 0.3) is 0 Å². The first-order chi connectivity index (χ1) is 9.56. The maximum Gasteiger partial charge on any atom is 0.307 e. The zero-order valence-electron chi connectivity index (χ0n) is 10.7. The van der Waals surface area contributed by atoms with Crippen molar-refractivity contribution < 1.29 is 18.7 Å². The molecule has 0 heterocycles. The molecule has 0 saturated heterocycles. The Balaban J connectivity index is 2.13. The monoisotopic (exact) mass is 276 g/mol. The summed E-state index contributed by atoms with van der Waals surface area (Å²) in [6.45, 7) is 0. The standard InChI is InChI=1S/C16H14F2O2/c17-14-7-6-12(10-15(14)18)9-13(16(19)20)8-11-4-2-1-3-5-11/h1-7,10,13H,8-9H2,(H,19,20). The summed E-state index contributed by atoms with van der Waals surface area (Å²) in [4.78, 5) is 11.3. The van der Waals surface area contributed by atoms with Crippen molar-refractivity contribution >= 4 is 5.97 Å². The highest BCUT2D eigenvalue weighted by Gasteiger charge is 2.19. The molecular weight excluding hydrogens is 262 g/mol. The molecule has 2 aromatic carbocycles. The Hall–Kier alpha value is -2.23. The number of aliphatic carboxylic acids is 1. The molecule has 20 heavy (non-hydrogen) atoms. The Morgan fingerprint density at radius 1 is 0.950 bits per heavy atom. The summed E-state index contributed by atoms with van der Waals surface area (Å²) in [6.07, 6.45) is 0.524. The van der Waals surface area contributed by atoms with E-state index in [4.69, 9.17) is 0 Å². The minimum atomic E-state index is -0.952. The predicted octanol–water partition coefficient (Wildman–Crippen LogP) is 3.45. The molecule has 104 valence electrons. The van der Waals surface area contributed by atoms with Crippen LogP contribution in [0.1, 0.15) is 11.1 Å². The SMILES string of the molecule is O=C(O)C(Cc1ccccc1)Cc1ccc(F)c(F)c1. The molecule has 0 radical (unpaired) electrons. The van der Waals surface area contributed by atoms with Crippen LogP contribution in [-0.4, -0.2) is 11.1 Å². The van der Waals surface area contributed by atoms with Gasteiger partial charge in [0.25, 0.3) is 0 Å². The molecule has 0 spiro atoms. The third-order valence-electron chi connectivity index (χ3n) is 3.14. The number of benzene rings is 2. The third-order valence-corrected chi connectivity index (χ3v) is 3.14. The van der Waals surface area contributed by atoms with E-state index in [1.807, 2.05) is 30.3 Å². The van der Waals surface area contributed by atoms with E-state index in [0.717, 1.165) is 17.7 Å². The van der Waals surface area contributed by atoms with Gasteiger partial charge in [0.2, 0.25) is 0 Å². The largest absolute Gasteiger partial charge is 0.481 e. The van der Waals surface area contributed by atoms with Crippen LogP contribution in [0.15, 0.2) is 48.5 Å². The Morgan fingerprint density at radius 3 is 2.20 bits per heavy atom. The van der Waals surface area contributed by atoms with Gasteiger partial charge in [-0.3, -0.25) is 4.79 Å². The second-order valence-corrected chi connectivity index (χ2v) is 4.68. The molecule has 0 saturated carbocycles. The van der Waals surface area contributed by atoms with Gasteiger partial charge in [0, 0.05) is 0 Å². The third kappa shape index (κ3) is 3.63. The van der Waals surface area contributed by atoms with E-state index in [1.54, 1.807) is 0 Å². The lowest BCUT2D eigenvalue weighted by Crippen LogP contribution is -2.19. The van der Waals surface area contributed by atoms with Crippen LogP contribution in [0.3, 0.4) is 0 Å². The van der Waals surface area contributed by atoms with Gasteiger partial charge in [-0.1, -0.05) is 36.4 Å². The summed E-state index contributed by atoms with van der Waals surface area (Å²) in [5.74, 6) is -3.49. The second kappa shape index (κ2) is 6.28. The smallest absolute Gasteiger partial charge is 0.307 e. The van der Waals surface area contributed by atoms with Crippen LogP contribution in [0, 0.1) is 17.6 Å². The minimum Gasteiger partial charge on any atom is -0.481 e. The summed E-state index contributed by atoms with van der Waals surface area (Å²) in [7, 11) is 0. The number of hydrogen-bond donors (Lipinski definition) is 1. The average molecular weight is 276 g/mol. The van der Waals surface area contributed by atoms with Crippen molar-refractivity contribution in [2.75, 3.05) is 0 Å². The van der Waals surface area contributed by atoms with Gasteiger partial charge >= 0.3 is 5.97 Å². The topological polar surface area (TPSA) is 37.3 Å². The van der Waals surface area contributed by atoms with Crippen LogP contribution in [0.5, 0.6) is 0 Å². The Bertz CT molecular complexity index is 597. The molecule has 0 fully saturated rings. The van der Waals surface area contributed by atoms with Gasteiger partial charge < -0.3 is 5.11 Å². The lowest BCUT2D eigenvalue weighted by molar-refractivity contribution is -0.141. The molecule has 0 amide bonds. The summed E-state index contributed by atoms with van der Waals surface area (Å²) < 4.78 is 26.0. The highest BCUT2D eigenvalue weighted by molar-refractivity contribution is 5.70. The zero-order valence-corrected chi connectivity index (χ0v) is 10.7. The van der Waals surface area contributed by atoms with Crippen LogP contribution < -0.4 is 0 Å². The molecule has 4 heteroatoms. The Labute approximate surface area is 115 Å². The van der Waals surface area contributed by atoms with Gasteiger partial charge in [-0.05, 0) is 36.1 Å². The molecule has 0 bridgehead atoms. The van der Waals surface area contributed by atoms with Gasteiger partial charge in [-0.15, -0.1) is 0 Å². The fourth-order valence-electron chi connectivity index (χ4n) is 2.10. The Morgan fingerprint density at radius 2 is 1.60 bits per heavy atom. The zero-order chi connectivity index (χ0) is 14.5. The first-order valence-corrected chi connectivity index (χ1v) is 6.27. The van der Waals surface area contributed by atoms with Crippen molar-refractivity contribution in [3.8, 4) is 0 Å². The quantitative estimate of drug-likeness (QED) is 0.908. The van der Waals surface area contributed by atoms with E-state index in [2.05, 4.69) is 0 Å². The maximum absolute atomic E-state index is 13.1. The highest BCUT2D eigenvalue weighted by Crippen LogP contribution is 2.17. The number of rotatable bonds is 5. The normalized spacial score (nSPS) is 12.1. The number of carboxylic acids is 1. The van der Waals surface area contributed by atoms with Crippen molar-refractivity contribution in [3.63, 3.8) is 0 Å². The van der Waals surface area contributed by atoms with Crippen LogP contribution in [-0.2, 0) is 17.6 Å². The fourth-order valence-corrected chi connectivity index (χ4v) is 2.10. The van der Waals surface area contributed by atoms with Gasteiger partial charge in [0.1, 0.15) is 0 Å². The van der Waals surface area contributed by atoms with Gasteiger partial charge in [0.05, 0.1) is 5.92 Å². The van der Waals surface area contributed by atoms with E-state index in [-0.39, 0.29) is 6.42 Å². The van der Waals surface area contributed by atoms with E-state index < -0.39 is 23.5 Å². The molecule has 1 N–H and O–H groups in total. The fraction of sp³-hybridized carbons (Fsp3) is 0.188. The Kier molecular flexibility index (Phi) is 4.45. The van der Waals surface area contributed by atoms with Crippen molar-refractivity contribution in [1.29, 1.82) is 0 Å². The first-order valence-electron chi connectivity index (χ1n) is 6.27. The van der Waals surface area contributed by atoms with E-state index in [1.165, 1.54) is 6.07 Å². The van der Waals surface area contributed by atoms with Crippen LogP contribution in [0.2, 0.25) is 0 Å². The van der Waals surface area contributed by atoms with Gasteiger partial charge in [-0.25, -0.2) is 8.78 Å². The van der Waals surface area contributed by atoms with Crippen molar-refractivity contribution in [3.05, 3.63) is 71.3 Å². The van der Waals surface area contributed by atoms with Crippen LogP contribution >= 0.6 is 0 Å². The molecule has 2 nitrogen and oxygen atoms in total. The van der Waals surface area contributed by atoms with Gasteiger partial charge in [-0.2, -0.15) is 0 Å². The molecule has 2 aromatic rings. The molecular formula is C16H14F2O2. The highest BCUT2D eigenvalue weighted by atomic mass is 19.2. The number of halogens is 2. The maximum atomic E-state index is 13.1. The molecule has 2 rings (SSSR count). The minimum absolute atomic E-state index is 0.168. The van der Waals surface area contributed by atoms with E-state index >= 15 is 0 Å². The van der Waals surface area contributed by atoms with Crippen molar-refractivity contribution in [2.45, 2.75) is 12.8 Å². The molecule has 0 aliphatic carbocycles. The number of carbonyl (C=O) groups is 1. The number of carboxylic acid groups (broad SMARTS) is 1. The lowest BCUT2D eigenvalue weighted by atomic mass is 9.92. The van der Waals surface area contributed by atoms with Crippen molar-refractivity contribution in [2.24, 2.45) is 5.92 Å². The molecule has 1 atom stereocenters. The van der Waals surface area contributed by atoms with Crippen molar-refractivity contribution in [1.82, 2.24) is 0 Å². The molecule has 1 unspecified atom stereocenters. The summed E-state index contributed by atoms with van der Waals surface area (Å²) in [5, 5.41) is 9.25. The predicted molar refractivity (Wildman–Crippen MR) is 71.3 cm³/mol. The summed E-state index contributed by atoms with van der Waals surface area (Å²) in [6, 6.07) is 12.7. The summed E-state index contributed by atoms with van der Waals surface area (Å²) in [5.41, 5.74) is 1.38. The first kappa shape index (κ1) is 14.2. The lowest BCUT2D eigenvalue weighted by Gasteiger charge is -2.12. The second-order valence-electron chi connectivity index (χ2n) is 4.68. The summed E-state index contributed by atoms with van der Waals surface area (Å²) >= 11 is 0.